The first-order valence-electron chi connectivity index (χ1n) is 4.22. The molecule has 1 rings (SSSR count). The largest absolute Gasteiger partial charge is 0.480 e. The Balaban J connectivity index is 3.02. The van der Waals surface area contributed by atoms with E-state index in [1.807, 2.05) is 0 Å². The molecule has 0 aliphatic heterocycles. The van der Waals surface area contributed by atoms with Crippen molar-refractivity contribution in [3.05, 3.63) is 35.9 Å². The van der Waals surface area contributed by atoms with Crippen molar-refractivity contribution in [3.8, 4) is 0 Å². The molecule has 1 aromatic carbocycles. The molecule has 0 spiro atoms. The van der Waals surface area contributed by atoms with E-state index in [-0.39, 0.29) is 0 Å². The Morgan fingerprint density at radius 2 is 1.93 bits per heavy atom. The quantitative estimate of drug-likeness (QED) is 0.648. The van der Waals surface area contributed by atoms with E-state index < -0.39 is 17.6 Å². The molecule has 0 aromatic heterocycles. The van der Waals surface area contributed by atoms with Gasteiger partial charge in [0.05, 0.1) is 0 Å². The minimum Gasteiger partial charge on any atom is -0.480 e. The van der Waals surface area contributed by atoms with Gasteiger partial charge in [0.25, 0.3) is 0 Å². The van der Waals surface area contributed by atoms with Crippen molar-refractivity contribution < 1.29 is 15.0 Å². The number of aliphatic hydroxyl groups is 1. The summed E-state index contributed by atoms with van der Waals surface area (Å²) in [7, 11) is 0. The summed E-state index contributed by atoms with van der Waals surface area (Å²) < 4.78 is 0. The standard InChI is InChI=1S/C10H13NO3/c1-10(14,8(11)9(12)13)7-5-3-2-4-6-7/h2-6,8,14H,11H2,1H3,(H,12,13). The Labute approximate surface area is 82.0 Å². The van der Waals surface area contributed by atoms with E-state index in [1.54, 1.807) is 30.3 Å². The monoisotopic (exact) mass is 195 g/mol. The van der Waals surface area contributed by atoms with Gasteiger partial charge in [-0.15, -0.1) is 0 Å². The summed E-state index contributed by atoms with van der Waals surface area (Å²) in [6, 6.07) is 7.18. The van der Waals surface area contributed by atoms with Gasteiger partial charge in [-0.05, 0) is 12.5 Å². The van der Waals surface area contributed by atoms with Crippen molar-refractivity contribution >= 4 is 5.97 Å². The van der Waals surface area contributed by atoms with Crippen molar-refractivity contribution in [3.63, 3.8) is 0 Å². The van der Waals surface area contributed by atoms with Crippen LogP contribution >= 0.6 is 0 Å². The van der Waals surface area contributed by atoms with Crippen LogP contribution in [0.5, 0.6) is 0 Å². The summed E-state index contributed by atoms with van der Waals surface area (Å²) in [5.41, 5.74) is 4.32. The number of hydrogen-bond donors (Lipinski definition) is 3. The fourth-order valence-corrected chi connectivity index (χ4v) is 1.20. The lowest BCUT2D eigenvalue weighted by molar-refractivity contribution is -0.145. The molecule has 0 heterocycles. The third-order valence-electron chi connectivity index (χ3n) is 2.23. The van der Waals surface area contributed by atoms with Crippen LogP contribution in [-0.2, 0) is 10.4 Å². The van der Waals surface area contributed by atoms with Crippen LogP contribution in [0, 0.1) is 0 Å². The number of rotatable bonds is 3. The lowest BCUT2D eigenvalue weighted by Gasteiger charge is -2.27. The fraction of sp³-hybridized carbons (Fsp3) is 0.300. The zero-order chi connectivity index (χ0) is 10.8. The van der Waals surface area contributed by atoms with Crippen LogP contribution in [0.2, 0.25) is 0 Å². The van der Waals surface area contributed by atoms with Gasteiger partial charge in [-0.3, -0.25) is 4.79 Å². The molecule has 4 nitrogen and oxygen atoms in total. The van der Waals surface area contributed by atoms with Crippen LogP contribution in [0.15, 0.2) is 30.3 Å². The molecule has 0 amide bonds. The first-order valence-corrected chi connectivity index (χ1v) is 4.22. The summed E-state index contributed by atoms with van der Waals surface area (Å²) in [6.07, 6.45) is 0. The van der Waals surface area contributed by atoms with E-state index in [2.05, 4.69) is 0 Å². The van der Waals surface area contributed by atoms with E-state index >= 15 is 0 Å². The van der Waals surface area contributed by atoms with Gasteiger partial charge in [-0.1, -0.05) is 30.3 Å². The summed E-state index contributed by atoms with van der Waals surface area (Å²) in [6.45, 7) is 1.39. The van der Waals surface area contributed by atoms with E-state index in [0.29, 0.717) is 5.56 Å². The first-order chi connectivity index (χ1) is 6.46. The summed E-state index contributed by atoms with van der Waals surface area (Å²) >= 11 is 0. The van der Waals surface area contributed by atoms with E-state index in [9.17, 15) is 9.90 Å². The van der Waals surface area contributed by atoms with Crippen molar-refractivity contribution in [2.45, 2.75) is 18.6 Å². The summed E-state index contributed by atoms with van der Waals surface area (Å²) in [5, 5.41) is 18.6. The van der Waals surface area contributed by atoms with Gasteiger partial charge in [-0.25, -0.2) is 0 Å². The topological polar surface area (TPSA) is 83.5 Å². The molecule has 4 N–H and O–H groups in total. The molecule has 0 aliphatic carbocycles. The maximum absolute atomic E-state index is 10.6. The number of carboxylic acids is 1. The smallest absolute Gasteiger partial charge is 0.323 e. The van der Waals surface area contributed by atoms with Gasteiger partial charge in [0, 0.05) is 0 Å². The number of nitrogens with two attached hydrogens (primary N) is 1. The Bertz CT molecular complexity index is 321. The van der Waals surface area contributed by atoms with Crippen LogP contribution in [-0.4, -0.2) is 22.2 Å². The molecule has 0 aliphatic rings. The Morgan fingerprint density at radius 3 is 2.36 bits per heavy atom. The maximum atomic E-state index is 10.6. The molecule has 4 heteroatoms. The zero-order valence-electron chi connectivity index (χ0n) is 7.84. The normalized spacial score (nSPS) is 17.1. The average Bonchev–Trinajstić information content (AvgIpc) is 2.18. The van der Waals surface area contributed by atoms with Crippen LogP contribution in [0.3, 0.4) is 0 Å². The van der Waals surface area contributed by atoms with Crippen LogP contribution in [0.4, 0.5) is 0 Å². The van der Waals surface area contributed by atoms with Crippen LogP contribution < -0.4 is 5.73 Å². The van der Waals surface area contributed by atoms with Crippen LogP contribution in [0.25, 0.3) is 0 Å². The SMILES string of the molecule is CC(O)(c1ccccc1)C(N)C(=O)O. The highest BCUT2D eigenvalue weighted by Crippen LogP contribution is 2.23. The molecule has 14 heavy (non-hydrogen) atoms. The highest BCUT2D eigenvalue weighted by atomic mass is 16.4. The van der Waals surface area contributed by atoms with Gasteiger partial charge >= 0.3 is 5.97 Å². The highest BCUT2D eigenvalue weighted by molar-refractivity contribution is 5.75. The molecule has 0 fully saturated rings. The Morgan fingerprint density at radius 1 is 1.43 bits per heavy atom. The van der Waals surface area contributed by atoms with E-state index in [1.165, 1.54) is 6.92 Å². The molecular weight excluding hydrogens is 182 g/mol. The van der Waals surface area contributed by atoms with Crippen molar-refractivity contribution in [2.75, 3.05) is 0 Å². The molecule has 0 radical (unpaired) electrons. The predicted octanol–water partition coefficient (Wildman–Crippen LogP) is 0.306. The van der Waals surface area contributed by atoms with Crippen LogP contribution in [0.1, 0.15) is 12.5 Å². The van der Waals surface area contributed by atoms with Gasteiger partial charge in [0.2, 0.25) is 0 Å². The van der Waals surface area contributed by atoms with Crippen molar-refractivity contribution in [1.29, 1.82) is 0 Å². The lowest BCUT2D eigenvalue weighted by atomic mass is 9.89. The molecule has 0 bridgehead atoms. The minimum atomic E-state index is -1.55. The zero-order valence-corrected chi connectivity index (χ0v) is 7.84. The molecule has 0 saturated carbocycles. The fourth-order valence-electron chi connectivity index (χ4n) is 1.20. The Kier molecular flexibility index (Phi) is 2.88. The van der Waals surface area contributed by atoms with Crippen molar-refractivity contribution in [1.82, 2.24) is 0 Å². The minimum absolute atomic E-state index is 0.495. The molecule has 2 atom stereocenters. The number of carbonyl (C=O) groups is 1. The molecular formula is C10H13NO3. The molecule has 76 valence electrons. The summed E-state index contributed by atoms with van der Waals surface area (Å²) in [4.78, 5) is 10.6. The first kappa shape index (κ1) is 10.7. The highest BCUT2D eigenvalue weighted by Gasteiger charge is 2.35. The van der Waals surface area contributed by atoms with E-state index in [4.69, 9.17) is 10.8 Å². The number of carboxylic acid groups (broad SMARTS) is 1. The molecule has 0 saturated heterocycles. The van der Waals surface area contributed by atoms with Gasteiger partial charge < -0.3 is 15.9 Å². The van der Waals surface area contributed by atoms with Gasteiger partial charge in [0.1, 0.15) is 11.6 Å². The Hall–Kier alpha value is -1.39. The lowest BCUT2D eigenvalue weighted by Crippen LogP contribution is -2.48. The second-order valence-electron chi connectivity index (χ2n) is 3.33. The molecule has 2 unspecified atom stereocenters. The average molecular weight is 195 g/mol. The second kappa shape index (κ2) is 3.77. The third kappa shape index (κ3) is 1.92. The van der Waals surface area contributed by atoms with Gasteiger partial charge in [-0.2, -0.15) is 0 Å². The summed E-state index contributed by atoms with van der Waals surface area (Å²) in [5.74, 6) is -1.22. The number of aliphatic carboxylic acids is 1. The number of benzene rings is 1. The number of hydrogen-bond acceptors (Lipinski definition) is 3. The van der Waals surface area contributed by atoms with Gasteiger partial charge in [0.15, 0.2) is 0 Å². The maximum Gasteiger partial charge on any atom is 0.323 e. The predicted molar refractivity (Wildman–Crippen MR) is 51.6 cm³/mol. The second-order valence-corrected chi connectivity index (χ2v) is 3.33. The van der Waals surface area contributed by atoms with Crippen molar-refractivity contribution in [2.24, 2.45) is 5.73 Å². The van der Waals surface area contributed by atoms with E-state index in [0.717, 1.165) is 0 Å². The molecule has 1 aromatic rings. The third-order valence-corrected chi connectivity index (χ3v) is 2.23.